The third-order valence-corrected chi connectivity index (χ3v) is 17.8. The summed E-state index contributed by atoms with van der Waals surface area (Å²) < 4.78 is 6.45. The summed E-state index contributed by atoms with van der Waals surface area (Å²) in [4.78, 5) is 28.6. The molecule has 5 fully saturated rings. The predicted molar refractivity (Wildman–Crippen MR) is 201 cm³/mol. The minimum atomic E-state index is -1.15. The van der Waals surface area contributed by atoms with Crippen molar-refractivity contribution >= 4 is 11.8 Å². The van der Waals surface area contributed by atoms with Crippen molar-refractivity contribution in [1.82, 2.24) is 10.9 Å². The van der Waals surface area contributed by atoms with E-state index in [1.54, 1.807) is 6.92 Å². The second kappa shape index (κ2) is 11.7. The number of aromatic hydroxyl groups is 1. The van der Waals surface area contributed by atoms with E-state index in [4.69, 9.17) is 4.74 Å². The first-order chi connectivity index (χ1) is 23.7. The molecule has 0 aromatic heterocycles. The van der Waals surface area contributed by atoms with Gasteiger partial charge in [-0.1, -0.05) is 46.8 Å². The van der Waals surface area contributed by atoms with Crippen LogP contribution in [0.25, 0.3) is 0 Å². The number of hydrogen-bond acceptors (Lipinski definition) is 5. The number of allylic oxidation sites excluding steroid dienone is 1. The van der Waals surface area contributed by atoms with Gasteiger partial charge in [-0.2, -0.15) is 0 Å². The molecule has 7 rings (SSSR count). The number of benzene rings is 1. The lowest BCUT2D eigenvalue weighted by Gasteiger charge is -2.72. The average molecular weight is 703 g/mol. The van der Waals surface area contributed by atoms with Gasteiger partial charge in [0.15, 0.2) is 5.60 Å². The van der Waals surface area contributed by atoms with Gasteiger partial charge in [-0.3, -0.25) is 20.4 Å². The fourth-order valence-corrected chi connectivity index (χ4v) is 14.3. The molecule has 0 saturated heterocycles. The van der Waals surface area contributed by atoms with Crippen molar-refractivity contribution < 1.29 is 24.5 Å². The Balaban J connectivity index is 1.14. The monoisotopic (exact) mass is 702 g/mol. The van der Waals surface area contributed by atoms with Crippen molar-refractivity contribution in [3.8, 4) is 11.5 Å². The molecule has 6 aliphatic rings. The molecule has 0 spiro atoms. The van der Waals surface area contributed by atoms with Crippen LogP contribution in [0.5, 0.6) is 11.5 Å². The zero-order valence-electron chi connectivity index (χ0n) is 33.3. The van der Waals surface area contributed by atoms with Crippen LogP contribution in [0.3, 0.4) is 0 Å². The van der Waals surface area contributed by atoms with Crippen molar-refractivity contribution in [2.75, 3.05) is 0 Å². The zero-order chi connectivity index (χ0) is 37.3. The van der Waals surface area contributed by atoms with Crippen molar-refractivity contribution in [3.05, 3.63) is 34.4 Å². The third-order valence-electron chi connectivity index (χ3n) is 17.8. The number of amides is 2. The molecule has 5 aliphatic carbocycles. The first-order valence-electron chi connectivity index (χ1n) is 20.1. The average Bonchev–Trinajstić information content (AvgIpc) is 3.48. The number of aliphatic hydroxyl groups is 1. The fraction of sp³-hybridized carbons (Fsp3) is 0.773. The number of fused-ring (bicyclic) bond motifs is 8. The van der Waals surface area contributed by atoms with E-state index in [1.165, 1.54) is 18.4 Å². The van der Waals surface area contributed by atoms with Crippen LogP contribution in [-0.2, 0) is 16.0 Å². The topological polar surface area (TPSA) is 108 Å². The smallest absolute Gasteiger partial charge is 0.282 e. The molecule has 1 aromatic carbocycles. The van der Waals surface area contributed by atoms with Crippen LogP contribution in [-0.4, -0.2) is 33.7 Å². The third kappa shape index (κ3) is 4.83. The SMILES string of the molecule is C=C(C)[C@@H]1CC[C@]2(C(=O)NNC(=O)C3(C)CCc4c(C)c(O)c(C)c(C)c4O3)CC[C@]3(C)C(CCC4[C@@]5(C)CC[C@H](O)C(C)(C)C5CC[C@]43C)C12. The van der Waals surface area contributed by atoms with Gasteiger partial charge in [0.05, 0.1) is 11.5 Å². The summed E-state index contributed by atoms with van der Waals surface area (Å²) in [5.41, 5.74) is 9.07. The molecule has 2 amide bonds. The first kappa shape index (κ1) is 36.8. The van der Waals surface area contributed by atoms with Crippen LogP contribution in [0, 0.1) is 77.4 Å². The summed E-state index contributed by atoms with van der Waals surface area (Å²) in [7, 11) is 0. The highest BCUT2D eigenvalue weighted by atomic mass is 16.5. The Morgan fingerprint density at radius 3 is 2.14 bits per heavy atom. The van der Waals surface area contributed by atoms with Gasteiger partial charge in [-0.25, -0.2) is 0 Å². The van der Waals surface area contributed by atoms with Crippen LogP contribution in [0.1, 0.15) is 141 Å². The number of carbonyl (C=O) groups excluding carboxylic acids is 2. The number of hydrazine groups is 1. The van der Waals surface area contributed by atoms with Crippen molar-refractivity contribution in [2.24, 2.45) is 56.7 Å². The molecular weight excluding hydrogens is 636 g/mol. The Morgan fingerprint density at radius 1 is 0.765 bits per heavy atom. The van der Waals surface area contributed by atoms with Gasteiger partial charge in [-0.05, 0) is 173 Å². The van der Waals surface area contributed by atoms with Gasteiger partial charge in [0.2, 0.25) is 5.91 Å². The Hall–Kier alpha value is -2.54. The molecule has 7 heteroatoms. The number of carbonyl (C=O) groups is 2. The van der Waals surface area contributed by atoms with E-state index >= 15 is 0 Å². The lowest BCUT2D eigenvalue weighted by Crippen LogP contribution is -2.68. The summed E-state index contributed by atoms with van der Waals surface area (Å²) in [5.74, 6) is 2.57. The van der Waals surface area contributed by atoms with E-state index in [0.29, 0.717) is 42.1 Å². The number of phenols is 1. The second-order valence-corrected chi connectivity index (χ2v) is 20.0. The van der Waals surface area contributed by atoms with E-state index in [1.807, 2.05) is 20.8 Å². The minimum Gasteiger partial charge on any atom is -0.507 e. The summed E-state index contributed by atoms with van der Waals surface area (Å²) in [6.07, 6.45) is 11.1. The van der Waals surface area contributed by atoms with Gasteiger partial charge < -0.3 is 14.9 Å². The molecule has 4 N–H and O–H groups in total. The van der Waals surface area contributed by atoms with Gasteiger partial charge in [0.1, 0.15) is 11.5 Å². The quantitative estimate of drug-likeness (QED) is 0.187. The standard InChI is InChI=1S/C44H66N2O5/c1-24(2)28-15-21-44(38(50)46-45-37(49)43(11)20-14-29-27(5)35(48)25(3)26(4)36(29)51-43)23-22-41(9)30(34(28)44)12-13-32-40(8)18-17-33(47)39(6,7)31(40)16-19-42(32,41)10/h28,30-34,47-48H,1,12-23H2,2-11H3,(H,45,49)(H,46,50)/t28-,30?,31?,32?,33-,34?,40-,41+,42+,43?,44-/m0/s1. The van der Waals surface area contributed by atoms with E-state index in [0.717, 1.165) is 73.6 Å². The molecule has 5 saturated carbocycles. The molecule has 0 bridgehead atoms. The normalized spacial score (nSPS) is 43.7. The number of aliphatic hydroxyl groups excluding tert-OH is 1. The van der Waals surface area contributed by atoms with Gasteiger partial charge >= 0.3 is 0 Å². The molecule has 282 valence electrons. The number of nitrogens with one attached hydrogen (secondary N) is 2. The predicted octanol–water partition coefficient (Wildman–Crippen LogP) is 8.57. The van der Waals surface area contributed by atoms with Crippen molar-refractivity contribution in [1.29, 1.82) is 0 Å². The van der Waals surface area contributed by atoms with E-state index in [2.05, 4.69) is 59.0 Å². The van der Waals surface area contributed by atoms with E-state index in [-0.39, 0.29) is 51.4 Å². The molecule has 1 heterocycles. The molecular formula is C44H66N2O5. The Morgan fingerprint density at radius 2 is 1.45 bits per heavy atom. The summed E-state index contributed by atoms with van der Waals surface area (Å²) in [6, 6.07) is 0. The van der Waals surface area contributed by atoms with E-state index < -0.39 is 11.0 Å². The zero-order valence-corrected chi connectivity index (χ0v) is 33.3. The number of phenolic OH excluding ortho intramolecular Hbond substituents is 1. The van der Waals surface area contributed by atoms with Gasteiger partial charge in [0.25, 0.3) is 5.91 Å². The maximum atomic E-state index is 14.7. The number of ether oxygens (including phenoxy) is 1. The Bertz CT molecular complexity index is 1670. The van der Waals surface area contributed by atoms with Crippen LogP contribution in [0.2, 0.25) is 0 Å². The maximum Gasteiger partial charge on any atom is 0.282 e. The highest BCUT2D eigenvalue weighted by molar-refractivity contribution is 5.90. The van der Waals surface area contributed by atoms with Crippen molar-refractivity contribution in [2.45, 2.75) is 158 Å². The molecule has 7 nitrogen and oxygen atoms in total. The Kier molecular flexibility index (Phi) is 8.46. The molecule has 0 radical (unpaired) electrons. The van der Waals surface area contributed by atoms with E-state index in [9.17, 15) is 19.8 Å². The summed E-state index contributed by atoms with van der Waals surface area (Å²) in [5, 5.41) is 21.7. The van der Waals surface area contributed by atoms with Crippen LogP contribution in [0.4, 0.5) is 0 Å². The lowest BCUT2D eigenvalue weighted by molar-refractivity contribution is -0.246. The van der Waals surface area contributed by atoms with Gasteiger partial charge in [0, 0.05) is 12.0 Å². The van der Waals surface area contributed by atoms with Crippen LogP contribution in [0.15, 0.2) is 12.2 Å². The lowest BCUT2D eigenvalue weighted by atomic mass is 9.32. The first-order valence-corrected chi connectivity index (χ1v) is 20.1. The number of rotatable bonds is 3. The fourth-order valence-electron chi connectivity index (χ4n) is 14.3. The molecule has 51 heavy (non-hydrogen) atoms. The largest absolute Gasteiger partial charge is 0.507 e. The molecule has 11 atom stereocenters. The molecule has 1 aromatic rings. The van der Waals surface area contributed by atoms with Gasteiger partial charge in [-0.15, -0.1) is 0 Å². The maximum absolute atomic E-state index is 14.7. The number of hydrogen-bond donors (Lipinski definition) is 4. The van der Waals surface area contributed by atoms with Crippen molar-refractivity contribution in [3.63, 3.8) is 0 Å². The van der Waals surface area contributed by atoms with Crippen LogP contribution < -0.4 is 15.6 Å². The molecule has 5 unspecified atom stereocenters. The molecule has 1 aliphatic heterocycles. The highest BCUT2D eigenvalue weighted by Crippen LogP contribution is 2.77. The Labute approximate surface area is 307 Å². The second-order valence-electron chi connectivity index (χ2n) is 20.0. The summed E-state index contributed by atoms with van der Waals surface area (Å²) >= 11 is 0. The highest BCUT2D eigenvalue weighted by Gasteiger charge is 2.72. The summed E-state index contributed by atoms with van der Waals surface area (Å²) in [6.45, 7) is 26.5. The van der Waals surface area contributed by atoms with Crippen LogP contribution >= 0.6 is 0 Å². The minimum absolute atomic E-state index is 0.0507.